The zero-order valence-electron chi connectivity index (χ0n) is 9.94. The lowest BCUT2D eigenvalue weighted by atomic mass is 10.2. The molecule has 5 nitrogen and oxygen atoms in total. The molecule has 0 aromatic carbocycles. The quantitative estimate of drug-likeness (QED) is 0.684. The summed E-state index contributed by atoms with van der Waals surface area (Å²) in [6, 6.07) is 1.56. The fraction of sp³-hybridized carbons (Fsp3) is 0.364. The van der Waals surface area contributed by atoms with E-state index in [1.807, 2.05) is 0 Å². The molecule has 0 aliphatic carbocycles. The minimum atomic E-state index is -0.966. The molecule has 1 N–H and O–H groups in total. The van der Waals surface area contributed by atoms with Crippen molar-refractivity contribution < 1.29 is 19.4 Å². The van der Waals surface area contributed by atoms with Crippen molar-refractivity contribution in [3.05, 3.63) is 29.1 Å². The molecule has 0 aliphatic rings. The lowest BCUT2D eigenvalue weighted by molar-refractivity contribution is 0.0696. The van der Waals surface area contributed by atoms with Gasteiger partial charge in [0.25, 0.3) is 0 Å². The smallest absolute Gasteiger partial charge is 0.403 e. The van der Waals surface area contributed by atoms with Crippen molar-refractivity contribution in [1.29, 1.82) is 0 Å². The Morgan fingerprint density at radius 3 is 2.39 bits per heavy atom. The van der Waals surface area contributed by atoms with Gasteiger partial charge in [-0.2, -0.15) is 0 Å². The molecule has 0 aliphatic heterocycles. The molecule has 1 aromatic rings. The van der Waals surface area contributed by atoms with Gasteiger partial charge in [0.15, 0.2) is 0 Å². The van der Waals surface area contributed by atoms with Crippen LogP contribution in [-0.2, 0) is 10.6 Å². The van der Waals surface area contributed by atoms with Gasteiger partial charge < -0.3 is 9.84 Å². The summed E-state index contributed by atoms with van der Waals surface area (Å²) in [5.41, 5.74) is 0.991. The number of hydrogen-bond donors (Lipinski definition) is 1. The Bertz CT molecular complexity index is 424. The maximum absolute atomic E-state index is 10.5. The normalized spacial score (nSPS) is 9.11. The number of hydrogen-bond acceptors (Lipinski definition) is 4. The summed E-state index contributed by atoms with van der Waals surface area (Å²) in [5.74, 6) is -0.655. The number of aromatic carboxylic acids is 1. The van der Waals surface area contributed by atoms with E-state index >= 15 is 0 Å². The van der Waals surface area contributed by atoms with Gasteiger partial charge >= 0.3 is 11.4 Å². The molecule has 0 saturated carbocycles. The zero-order chi connectivity index (χ0) is 14.1. The third-order valence-corrected chi connectivity index (χ3v) is 2.18. The molecule has 0 bridgehead atoms. The van der Waals surface area contributed by atoms with Crippen molar-refractivity contribution in [3.63, 3.8) is 0 Å². The van der Waals surface area contributed by atoms with Gasteiger partial charge in [-0.25, -0.2) is 9.59 Å². The van der Waals surface area contributed by atoms with Crippen LogP contribution in [0.1, 0.15) is 28.5 Å². The highest BCUT2D eigenvalue weighted by Crippen LogP contribution is 2.09. The molecule has 1 heterocycles. The van der Waals surface area contributed by atoms with Crippen LogP contribution in [0.3, 0.4) is 0 Å². The first-order chi connectivity index (χ1) is 8.42. The van der Waals surface area contributed by atoms with Crippen molar-refractivity contribution in [2.24, 2.45) is 0 Å². The van der Waals surface area contributed by atoms with E-state index in [1.165, 1.54) is 6.20 Å². The maximum atomic E-state index is 10.5. The van der Waals surface area contributed by atoms with E-state index in [0.717, 1.165) is 11.3 Å². The first-order valence-corrected chi connectivity index (χ1v) is 5.90. The maximum Gasteiger partial charge on any atom is 0.403 e. The zero-order valence-corrected chi connectivity index (χ0v) is 11.5. The van der Waals surface area contributed by atoms with E-state index in [1.54, 1.807) is 19.9 Å². The molecule has 1 rings (SSSR count). The van der Waals surface area contributed by atoms with Crippen LogP contribution in [0.5, 0.6) is 0 Å². The van der Waals surface area contributed by atoms with Gasteiger partial charge in [-0.3, -0.25) is 4.98 Å². The van der Waals surface area contributed by atoms with Crippen LogP contribution in [0.4, 0.5) is 4.79 Å². The van der Waals surface area contributed by atoms with Crippen molar-refractivity contribution in [2.45, 2.75) is 19.7 Å². The molecule has 100 valence electrons. The van der Waals surface area contributed by atoms with Gasteiger partial charge in [-0.1, -0.05) is 0 Å². The van der Waals surface area contributed by atoms with Crippen LogP contribution in [0.15, 0.2) is 12.3 Å². The molecule has 7 heteroatoms. The van der Waals surface area contributed by atoms with E-state index in [-0.39, 0.29) is 5.56 Å². The Balaban J connectivity index is 0.000000411. The molecular formula is C11H13Cl2NO4. The third kappa shape index (κ3) is 6.42. The molecule has 0 amide bonds. The van der Waals surface area contributed by atoms with Gasteiger partial charge in [-0.15, -0.1) is 11.6 Å². The number of carbonyl (C=O) groups is 2. The minimum absolute atomic E-state index is 0.196. The van der Waals surface area contributed by atoms with Crippen LogP contribution < -0.4 is 0 Å². The molecular weight excluding hydrogens is 281 g/mol. The van der Waals surface area contributed by atoms with E-state index in [9.17, 15) is 9.59 Å². The Labute approximate surface area is 115 Å². The fourth-order valence-electron chi connectivity index (χ4n) is 0.973. The molecule has 0 spiro atoms. The van der Waals surface area contributed by atoms with Gasteiger partial charge in [0.2, 0.25) is 0 Å². The second kappa shape index (κ2) is 8.72. The van der Waals surface area contributed by atoms with Crippen molar-refractivity contribution in [2.75, 3.05) is 6.61 Å². The van der Waals surface area contributed by atoms with Gasteiger partial charge in [0.05, 0.1) is 23.7 Å². The predicted molar refractivity (Wildman–Crippen MR) is 68.4 cm³/mol. The second-order valence-corrected chi connectivity index (χ2v) is 3.67. The number of halogens is 2. The number of nitrogens with zero attached hydrogens (tertiary/aromatic N) is 1. The van der Waals surface area contributed by atoms with Crippen LogP contribution in [-0.4, -0.2) is 28.1 Å². The second-order valence-electron chi connectivity index (χ2n) is 3.10. The molecule has 1 aromatic heterocycles. The molecule has 0 saturated heterocycles. The van der Waals surface area contributed by atoms with E-state index in [2.05, 4.69) is 9.72 Å². The van der Waals surface area contributed by atoms with E-state index < -0.39 is 11.4 Å². The molecule has 0 fully saturated rings. The van der Waals surface area contributed by atoms with E-state index in [0.29, 0.717) is 12.5 Å². The fourth-order valence-corrected chi connectivity index (χ4v) is 1.36. The van der Waals surface area contributed by atoms with Crippen molar-refractivity contribution in [1.82, 2.24) is 4.98 Å². The Morgan fingerprint density at radius 2 is 2.11 bits per heavy atom. The molecule has 0 atom stereocenters. The van der Waals surface area contributed by atoms with Gasteiger partial charge in [-0.05, 0) is 25.5 Å². The largest absolute Gasteiger partial charge is 0.478 e. The number of carboxylic acids is 1. The summed E-state index contributed by atoms with van der Waals surface area (Å²) in [7, 11) is 0. The molecule has 18 heavy (non-hydrogen) atoms. The summed E-state index contributed by atoms with van der Waals surface area (Å²) >= 11 is 10.3. The van der Waals surface area contributed by atoms with Crippen LogP contribution >= 0.6 is 23.2 Å². The predicted octanol–water partition coefficient (Wildman–Crippen LogP) is 3.21. The Kier molecular flexibility index (Phi) is 8.07. The van der Waals surface area contributed by atoms with Crippen molar-refractivity contribution in [3.8, 4) is 0 Å². The lowest BCUT2D eigenvalue weighted by Crippen LogP contribution is -2.00. The Morgan fingerprint density at radius 1 is 1.50 bits per heavy atom. The average molecular weight is 294 g/mol. The van der Waals surface area contributed by atoms with Crippen LogP contribution in [0, 0.1) is 6.92 Å². The molecule has 0 radical (unpaired) electrons. The molecule has 0 unspecified atom stereocenters. The number of carboxylic acid groups (broad SMARTS) is 1. The monoisotopic (exact) mass is 293 g/mol. The summed E-state index contributed by atoms with van der Waals surface area (Å²) in [6.07, 6.45) is 1.31. The van der Waals surface area contributed by atoms with E-state index in [4.69, 9.17) is 28.3 Å². The highest BCUT2D eigenvalue weighted by molar-refractivity contribution is 6.61. The SMILES string of the molecule is CCOC(=O)Cl.Cc1cc(C(=O)O)cnc1CCl. The number of aryl methyl sites for hydroxylation is 1. The average Bonchev–Trinajstić information content (AvgIpc) is 2.29. The highest BCUT2D eigenvalue weighted by Gasteiger charge is 2.05. The lowest BCUT2D eigenvalue weighted by Gasteiger charge is -2.00. The third-order valence-electron chi connectivity index (χ3n) is 1.82. The summed E-state index contributed by atoms with van der Waals surface area (Å²) in [5, 5.41) is 8.60. The number of ether oxygens (including phenoxy) is 1. The topological polar surface area (TPSA) is 76.5 Å². The number of alkyl halides is 1. The number of aromatic nitrogens is 1. The highest BCUT2D eigenvalue weighted by atomic mass is 35.5. The van der Waals surface area contributed by atoms with Crippen LogP contribution in [0.25, 0.3) is 0 Å². The first-order valence-electron chi connectivity index (χ1n) is 4.99. The summed E-state index contributed by atoms with van der Waals surface area (Å²) in [4.78, 5) is 24.0. The standard InChI is InChI=1S/C8H8ClNO2.C3H5ClO2/c1-5-2-6(8(11)12)4-10-7(5)3-9;1-2-6-3(4)5/h2,4H,3H2,1H3,(H,11,12);2H2,1H3. The van der Waals surface area contributed by atoms with Gasteiger partial charge in [0.1, 0.15) is 0 Å². The first kappa shape index (κ1) is 16.7. The summed E-state index contributed by atoms with van der Waals surface area (Å²) < 4.78 is 4.17. The Hall–Kier alpha value is -1.33. The van der Waals surface area contributed by atoms with Gasteiger partial charge in [0, 0.05) is 17.8 Å². The van der Waals surface area contributed by atoms with Crippen LogP contribution in [0.2, 0.25) is 0 Å². The number of pyridine rings is 1. The minimum Gasteiger partial charge on any atom is -0.478 e. The summed E-state index contributed by atoms with van der Waals surface area (Å²) in [6.45, 7) is 3.83. The number of rotatable bonds is 3. The van der Waals surface area contributed by atoms with Crippen molar-refractivity contribution >= 4 is 34.6 Å². The number of carbonyl (C=O) groups excluding carboxylic acids is 1.